The maximum atomic E-state index is 13.6. The molecule has 0 aliphatic carbocycles. The molecule has 0 bridgehead atoms. The van der Waals surface area contributed by atoms with Crippen LogP contribution in [0, 0.1) is 0 Å². The van der Waals surface area contributed by atoms with Gasteiger partial charge in [-0.2, -0.15) is 0 Å². The molecule has 0 saturated heterocycles. The highest BCUT2D eigenvalue weighted by Gasteiger charge is 2.30. The molecule has 0 aromatic heterocycles. The molecule has 0 fully saturated rings. The first-order chi connectivity index (χ1) is 39.4. The Hall–Kier alpha value is -4.11. The van der Waals surface area contributed by atoms with Gasteiger partial charge in [0, 0.05) is 12.8 Å². The molecule has 1 amide bonds. The average molecular weight is 1140 g/mol. The minimum absolute atomic E-state index is 0.0203. The van der Waals surface area contributed by atoms with Gasteiger partial charge in [-0.25, -0.2) is 4.57 Å². The lowest BCUT2D eigenvalue weighted by molar-refractivity contribution is -0.870. The molecule has 460 valence electrons. The molecule has 3 atom stereocenters. The summed E-state index contributed by atoms with van der Waals surface area (Å²) in [5.41, 5.74) is 0. The van der Waals surface area contributed by atoms with Crippen molar-refractivity contribution in [2.75, 3.05) is 40.9 Å². The Morgan fingerprint density at radius 2 is 0.790 bits per heavy atom. The first-order valence-electron chi connectivity index (χ1n) is 32.2. The number of ether oxygens (including phenoxy) is 1. The van der Waals surface area contributed by atoms with Crippen LogP contribution in [0.4, 0.5) is 0 Å². The van der Waals surface area contributed by atoms with Gasteiger partial charge < -0.3 is 19.4 Å². The number of likely N-dealkylation sites (N-methyl/N-ethyl adjacent to an activating group) is 1. The van der Waals surface area contributed by atoms with Gasteiger partial charge in [-0.3, -0.25) is 18.6 Å². The van der Waals surface area contributed by atoms with E-state index in [0.717, 1.165) is 135 Å². The number of hydrogen-bond donors (Lipinski definition) is 2. The van der Waals surface area contributed by atoms with Gasteiger partial charge in [0.15, 0.2) is 0 Å². The van der Waals surface area contributed by atoms with E-state index in [2.05, 4.69) is 160 Å². The molecule has 0 aliphatic heterocycles. The molecular weight excluding hydrogens is 1020 g/mol. The zero-order chi connectivity index (χ0) is 59.3. The fourth-order valence-corrected chi connectivity index (χ4v) is 9.12. The maximum absolute atomic E-state index is 13.6. The van der Waals surface area contributed by atoms with E-state index in [1.807, 2.05) is 33.3 Å². The number of nitrogens with one attached hydrogen (secondary N) is 1. The number of phosphoric acid groups is 1. The third-order valence-electron chi connectivity index (χ3n) is 13.3. The minimum atomic E-state index is -4.48. The van der Waals surface area contributed by atoms with Crippen LogP contribution in [0.5, 0.6) is 0 Å². The number of esters is 1. The smallest absolute Gasteiger partial charge is 0.456 e. The number of hydrogen-bond acceptors (Lipinski definition) is 6. The molecule has 9 nitrogen and oxygen atoms in total. The second kappa shape index (κ2) is 59.1. The fourth-order valence-electron chi connectivity index (χ4n) is 8.38. The summed E-state index contributed by atoms with van der Waals surface area (Å²) in [5.74, 6) is -0.588. The van der Waals surface area contributed by atoms with Crippen molar-refractivity contribution in [2.24, 2.45) is 0 Å². The van der Waals surface area contributed by atoms with Crippen LogP contribution in [-0.4, -0.2) is 74.3 Å². The van der Waals surface area contributed by atoms with E-state index in [1.54, 1.807) is 0 Å². The van der Waals surface area contributed by atoms with Crippen LogP contribution >= 0.6 is 7.82 Å². The third-order valence-corrected chi connectivity index (χ3v) is 14.3. The van der Waals surface area contributed by atoms with Crippen molar-refractivity contribution in [3.05, 3.63) is 146 Å². The predicted octanol–water partition coefficient (Wildman–Crippen LogP) is 20.2. The minimum Gasteiger partial charge on any atom is -0.456 e. The van der Waals surface area contributed by atoms with Crippen molar-refractivity contribution in [2.45, 2.75) is 251 Å². The summed E-state index contributed by atoms with van der Waals surface area (Å²) in [7, 11) is 1.43. The van der Waals surface area contributed by atoms with E-state index < -0.39 is 20.0 Å². The Labute approximate surface area is 498 Å². The Morgan fingerprint density at radius 3 is 1.20 bits per heavy atom. The second-order valence-corrected chi connectivity index (χ2v) is 23.6. The molecule has 0 saturated carbocycles. The molecule has 0 aromatic carbocycles. The van der Waals surface area contributed by atoms with Crippen LogP contribution in [0.1, 0.15) is 239 Å². The highest BCUT2D eigenvalue weighted by atomic mass is 31.2. The van der Waals surface area contributed by atoms with E-state index in [1.165, 1.54) is 57.8 Å². The summed E-state index contributed by atoms with van der Waals surface area (Å²) >= 11 is 0. The lowest BCUT2D eigenvalue weighted by Gasteiger charge is -2.27. The fraction of sp³-hybridized carbons (Fsp3) is 0.634. The van der Waals surface area contributed by atoms with Gasteiger partial charge in [-0.05, 0) is 128 Å². The number of carbonyl (C=O) groups is 2. The summed E-state index contributed by atoms with van der Waals surface area (Å²) in [4.78, 5) is 37.8. The van der Waals surface area contributed by atoms with E-state index in [0.29, 0.717) is 30.3 Å². The number of amides is 1. The molecule has 0 radical (unpaired) electrons. The molecule has 0 spiro atoms. The monoisotopic (exact) mass is 1140 g/mol. The number of allylic oxidation sites excluding steroid dienone is 23. The average Bonchev–Trinajstić information content (AvgIpc) is 3.44. The summed E-state index contributed by atoms with van der Waals surface area (Å²) in [5, 5.41) is 3.04. The number of quaternary nitrogens is 1. The summed E-state index contributed by atoms with van der Waals surface area (Å²) in [6, 6.07) is -0.889. The van der Waals surface area contributed by atoms with Crippen molar-refractivity contribution in [1.82, 2.24) is 5.32 Å². The van der Waals surface area contributed by atoms with Crippen LogP contribution in [0.2, 0.25) is 0 Å². The van der Waals surface area contributed by atoms with Gasteiger partial charge in [0.2, 0.25) is 5.91 Å². The number of unbranched alkanes of at least 4 members (excludes halogenated alkanes) is 18. The molecule has 0 heterocycles. The van der Waals surface area contributed by atoms with Crippen molar-refractivity contribution < 1.29 is 37.3 Å². The summed E-state index contributed by atoms with van der Waals surface area (Å²) in [6.45, 7) is 6.72. The van der Waals surface area contributed by atoms with Crippen LogP contribution in [0.25, 0.3) is 0 Å². The Kier molecular flexibility index (Phi) is 56.1. The normalized spacial score (nSPS) is 14.6. The first kappa shape index (κ1) is 76.9. The first-order valence-corrected chi connectivity index (χ1v) is 33.7. The summed E-state index contributed by atoms with van der Waals surface area (Å²) in [6.07, 6.45) is 85.6. The van der Waals surface area contributed by atoms with Crippen LogP contribution in [0.3, 0.4) is 0 Å². The van der Waals surface area contributed by atoms with Crippen molar-refractivity contribution >= 4 is 19.7 Å². The zero-order valence-electron chi connectivity index (χ0n) is 52.5. The topological polar surface area (TPSA) is 111 Å². The molecule has 2 N–H and O–H groups in total. The lowest BCUT2D eigenvalue weighted by atomic mass is 10.0. The largest absolute Gasteiger partial charge is 0.472 e. The van der Waals surface area contributed by atoms with Crippen LogP contribution in [-0.2, 0) is 27.9 Å². The number of carbonyl (C=O) groups excluding carboxylic acids is 2. The molecule has 81 heavy (non-hydrogen) atoms. The Balaban J connectivity index is 5.39. The van der Waals surface area contributed by atoms with E-state index >= 15 is 0 Å². The van der Waals surface area contributed by atoms with Gasteiger partial charge in [-0.1, -0.05) is 244 Å². The molecule has 10 heteroatoms. The Bertz CT molecular complexity index is 1890. The third kappa shape index (κ3) is 60.3. The van der Waals surface area contributed by atoms with Crippen molar-refractivity contribution in [3.8, 4) is 0 Å². The van der Waals surface area contributed by atoms with E-state index in [-0.39, 0.29) is 31.5 Å². The number of nitrogens with zero attached hydrogens (tertiary/aromatic N) is 1. The zero-order valence-corrected chi connectivity index (χ0v) is 53.4. The van der Waals surface area contributed by atoms with E-state index in [4.69, 9.17) is 13.8 Å². The van der Waals surface area contributed by atoms with Gasteiger partial charge in [0.1, 0.15) is 19.3 Å². The van der Waals surface area contributed by atoms with Crippen LogP contribution in [0.15, 0.2) is 146 Å². The molecule has 0 aliphatic rings. The number of rotatable bonds is 56. The highest BCUT2D eigenvalue weighted by molar-refractivity contribution is 7.47. The quantitative estimate of drug-likeness (QED) is 0.0205. The van der Waals surface area contributed by atoms with E-state index in [9.17, 15) is 19.0 Å². The van der Waals surface area contributed by atoms with Gasteiger partial charge in [-0.15, -0.1) is 0 Å². The predicted molar refractivity (Wildman–Crippen MR) is 350 cm³/mol. The Morgan fingerprint density at radius 1 is 0.444 bits per heavy atom. The van der Waals surface area contributed by atoms with Gasteiger partial charge in [0.05, 0.1) is 33.8 Å². The van der Waals surface area contributed by atoms with Gasteiger partial charge in [0.25, 0.3) is 0 Å². The highest BCUT2D eigenvalue weighted by Crippen LogP contribution is 2.43. The SMILES string of the molecule is CC/C=C\C/C=C\C/C=C\C/C=C\C/C=C\C/C=C\CCCCC(=O)OC(/C=C/CCCCCCCCCCCCC)C(COP(=O)(O)OCC[N+](C)(C)C)NC(=O)CCCCCCC/C=C\C/C=C\C/C=C\C/C=C\C/C=C\CC. The standard InChI is InChI=1S/C71H119N2O7P/c1-7-10-13-16-19-22-25-28-30-32-34-36-38-40-42-45-48-51-54-57-60-63-70(74)72-68(67-79-81(76,77)78-66-65-73(4,5)6)69(62-59-56-53-50-47-44-27-24-21-18-15-12-9-3)80-71(75)64-61-58-55-52-49-46-43-41-39-37-35-33-31-29-26-23-20-17-14-11-8-2/h10-11,13-14,19-20,22-23,28-31,34-37,40-43,49,52,59,62,68-69H,7-9,12,15-18,21,24-27,32-33,38-39,44-48,50-51,53-58,60-61,63-67H2,1-6H3,(H-,72,74,76,77)/p+1/b13-10-,14-11-,22-19-,23-20-,30-28-,31-29-,36-34-,37-35-,42-40-,43-41-,52-49-,62-59+. The number of phosphoric ester groups is 1. The second-order valence-electron chi connectivity index (χ2n) is 22.2. The van der Waals surface area contributed by atoms with Crippen molar-refractivity contribution in [1.29, 1.82) is 0 Å². The lowest BCUT2D eigenvalue weighted by Crippen LogP contribution is -2.47. The summed E-state index contributed by atoms with van der Waals surface area (Å²) < 4.78 is 30.7. The van der Waals surface area contributed by atoms with Crippen molar-refractivity contribution in [3.63, 3.8) is 0 Å². The molecule has 0 aromatic rings. The van der Waals surface area contributed by atoms with Gasteiger partial charge >= 0.3 is 13.8 Å². The molecule has 0 rings (SSSR count). The van der Waals surface area contributed by atoms with Crippen LogP contribution < -0.4 is 5.32 Å². The molecule has 3 unspecified atom stereocenters. The molecular formula is C71H120N2O7P+. The maximum Gasteiger partial charge on any atom is 0.472 e.